The normalized spacial score (nSPS) is 16.0. The summed E-state index contributed by atoms with van der Waals surface area (Å²) in [4.78, 5) is 47.1. The van der Waals surface area contributed by atoms with Crippen LogP contribution in [-0.4, -0.2) is 72.2 Å². The number of halogens is 1. The first-order chi connectivity index (χ1) is 20.7. The lowest BCUT2D eigenvalue weighted by atomic mass is 9.93. The van der Waals surface area contributed by atoms with Crippen molar-refractivity contribution >= 4 is 35.1 Å². The predicted octanol–water partition coefficient (Wildman–Crippen LogP) is 5.57. The number of hydrogen-bond donors (Lipinski definition) is 1. The lowest BCUT2D eigenvalue weighted by Gasteiger charge is -2.35. The summed E-state index contributed by atoms with van der Waals surface area (Å²) in [5.41, 5.74) is 0.752. The smallest absolute Gasteiger partial charge is 0.310 e. The van der Waals surface area contributed by atoms with E-state index in [4.69, 9.17) is 25.8 Å². The molecule has 2 atom stereocenters. The fraction of sp³-hybridized carbons (Fsp3) is 0.576. The van der Waals surface area contributed by atoms with Crippen molar-refractivity contribution in [2.75, 3.05) is 38.3 Å². The fourth-order valence-electron chi connectivity index (χ4n) is 5.31. The molecule has 1 aromatic heterocycles. The largest absolute Gasteiger partial charge is 0.489 e. The summed E-state index contributed by atoms with van der Waals surface area (Å²) in [6, 6.07) is 6.62. The molecule has 1 fully saturated rings. The van der Waals surface area contributed by atoms with Gasteiger partial charge in [-0.15, -0.1) is 0 Å². The molecule has 0 aliphatic carbocycles. The lowest BCUT2D eigenvalue weighted by molar-refractivity contribution is -0.151. The van der Waals surface area contributed by atoms with Gasteiger partial charge in [0.2, 0.25) is 17.7 Å². The molecular formula is C33H46ClN3O7. The van der Waals surface area contributed by atoms with Crippen LogP contribution in [0.4, 0.5) is 5.69 Å². The van der Waals surface area contributed by atoms with Gasteiger partial charge in [0.15, 0.2) is 0 Å². The molecule has 0 unspecified atom stereocenters. The third-order valence-electron chi connectivity index (χ3n) is 7.17. The molecule has 0 radical (unpaired) electrons. The molecule has 1 aromatic carbocycles. The molecule has 0 spiro atoms. The standard InChI is InChI=1S/C33H46ClN3O7/c1-8-43-32(41)22-11-10-16-36(19-22)27(38)13-14-28(39)37(20-33(4,5)6)29-25(17-23(34)18-26(29)44-21(2)3)30(40)24-12-9-15-35-31(24)42-7/h9,12,15,17-18,21-22,30,40H,8,10-11,13-14,16,19-20H2,1-7H3/t22-,30+/m0/s1. The Labute approximate surface area is 265 Å². The van der Waals surface area contributed by atoms with Gasteiger partial charge in [-0.25, -0.2) is 4.98 Å². The first kappa shape index (κ1) is 35.1. The molecule has 10 nitrogen and oxygen atoms in total. The van der Waals surface area contributed by atoms with Crippen molar-refractivity contribution in [3.05, 3.63) is 46.6 Å². The molecule has 2 amide bonds. The van der Waals surface area contributed by atoms with Crippen LogP contribution in [0.25, 0.3) is 0 Å². The topological polar surface area (TPSA) is 119 Å². The highest BCUT2D eigenvalue weighted by Gasteiger charge is 2.33. The number of pyridine rings is 1. The summed E-state index contributed by atoms with van der Waals surface area (Å²) in [5.74, 6) is -0.595. The number of anilines is 1. The maximum Gasteiger partial charge on any atom is 0.310 e. The van der Waals surface area contributed by atoms with Crippen LogP contribution >= 0.6 is 11.6 Å². The number of aromatic nitrogens is 1. The first-order valence-corrected chi connectivity index (χ1v) is 15.5. The van der Waals surface area contributed by atoms with E-state index in [-0.39, 0.29) is 67.0 Å². The molecule has 1 saturated heterocycles. The number of carbonyl (C=O) groups excluding carboxylic acids is 3. The number of methoxy groups -OCH3 is 1. The minimum Gasteiger partial charge on any atom is -0.489 e. The Hall–Kier alpha value is -3.37. The number of likely N-dealkylation sites (tertiary alicyclic amines) is 1. The van der Waals surface area contributed by atoms with Crippen molar-refractivity contribution in [2.45, 2.75) is 79.4 Å². The van der Waals surface area contributed by atoms with Crippen LogP contribution in [0.2, 0.25) is 5.02 Å². The lowest BCUT2D eigenvalue weighted by Crippen LogP contribution is -2.43. The molecule has 1 N–H and O–H groups in total. The van der Waals surface area contributed by atoms with E-state index in [9.17, 15) is 19.5 Å². The van der Waals surface area contributed by atoms with Crippen molar-refractivity contribution in [1.82, 2.24) is 9.88 Å². The van der Waals surface area contributed by atoms with Gasteiger partial charge in [0, 0.05) is 60.9 Å². The van der Waals surface area contributed by atoms with Crippen LogP contribution < -0.4 is 14.4 Å². The fourth-order valence-corrected chi connectivity index (χ4v) is 5.53. The van der Waals surface area contributed by atoms with Crippen molar-refractivity contribution in [3.63, 3.8) is 0 Å². The average Bonchev–Trinajstić information content (AvgIpc) is 2.97. The van der Waals surface area contributed by atoms with E-state index in [1.807, 2.05) is 34.6 Å². The maximum atomic E-state index is 14.1. The number of esters is 1. The van der Waals surface area contributed by atoms with Crippen LogP contribution in [0.15, 0.2) is 30.5 Å². The van der Waals surface area contributed by atoms with Crippen molar-refractivity contribution in [2.24, 2.45) is 11.3 Å². The summed E-state index contributed by atoms with van der Waals surface area (Å²) in [5, 5.41) is 12.0. The number of nitrogens with zero attached hydrogens (tertiary/aromatic N) is 3. The number of aliphatic hydroxyl groups excluding tert-OH is 1. The number of aliphatic hydroxyl groups is 1. The predicted molar refractivity (Wildman–Crippen MR) is 169 cm³/mol. The molecule has 1 aliphatic heterocycles. The van der Waals surface area contributed by atoms with E-state index in [0.717, 1.165) is 0 Å². The summed E-state index contributed by atoms with van der Waals surface area (Å²) in [7, 11) is 1.47. The highest BCUT2D eigenvalue weighted by molar-refractivity contribution is 6.31. The summed E-state index contributed by atoms with van der Waals surface area (Å²) >= 11 is 6.55. The number of amides is 2. The van der Waals surface area contributed by atoms with Gasteiger partial charge in [0.1, 0.15) is 11.9 Å². The highest BCUT2D eigenvalue weighted by Crippen LogP contribution is 2.43. The zero-order valence-corrected chi connectivity index (χ0v) is 27.6. The Morgan fingerprint density at radius 1 is 1.18 bits per heavy atom. The summed E-state index contributed by atoms with van der Waals surface area (Å²) in [6.45, 7) is 12.9. The van der Waals surface area contributed by atoms with Crippen molar-refractivity contribution in [3.8, 4) is 11.6 Å². The molecule has 11 heteroatoms. The van der Waals surface area contributed by atoms with E-state index >= 15 is 0 Å². The van der Waals surface area contributed by atoms with E-state index in [0.29, 0.717) is 53.6 Å². The van der Waals surface area contributed by atoms with E-state index in [1.165, 1.54) is 7.11 Å². The highest BCUT2D eigenvalue weighted by atomic mass is 35.5. The Bertz CT molecular complexity index is 1310. The van der Waals surface area contributed by atoms with Gasteiger partial charge >= 0.3 is 5.97 Å². The number of rotatable bonds is 12. The third kappa shape index (κ3) is 9.32. The Kier molecular flexibility index (Phi) is 12.4. The number of carbonyl (C=O) groups is 3. The van der Waals surface area contributed by atoms with Gasteiger partial charge < -0.3 is 29.1 Å². The van der Waals surface area contributed by atoms with E-state index in [1.54, 1.807) is 47.2 Å². The summed E-state index contributed by atoms with van der Waals surface area (Å²) in [6.07, 6.45) is 1.30. The molecule has 2 aromatic rings. The van der Waals surface area contributed by atoms with Crippen molar-refractivity contribution < 1.29 is 33.7 Å². The minimum absolute atomic E-state index is 0.0305. The first-order valence-electron chi connectivity index (χ1n) is 15.2. The van der Waals surface area contributed by atoms with Crippen LogP contribution in [0, 0.1) is 11.3 Å². The van der Waals surface area contributed by atoms with Crippen LogP contribution in [-0.2, 0) is 19.1 Å². The molecule has 2 heterocycles. The minimum atomic E-state index is -1.26. The van der Waals surface area contributed by atoms with E-state index in [2.05, 4.69) is 4.98 Å². The average molecular weight is 632 g/mol. The Balaban J connectivity index is 1.99. The van der Waals surface area contributed by atoms with Crippen LogP contribution in [0.5, 0.6) is 11.6 Å². The van der Waals surface area contributed by atoms with Crippen LogP contribution in [0.3, 0.4) is 0 Å². The second kappa shape index (κ2) is 15.6. The second-order valence-corrected chi connectivity index (χ2v) is 12.9. The number of ether oxygens (including phenoxy) is 3. The zero-order valence-electron chi connectivity index (χ0n) is 26.9. The number of benzene rings is 1. The Morgan fingerprint density at radius 2 is 1.91 bits per heavy atom. The zero-order chi connectivity index (χ0) is 32.6. The molecule has 0 bridgehead atoms. The molecule has 44 heavy (non-hydrogen) atoms. The molecular weight excluding hydrogens is 586 g/mol. The van der Waals surface area contributed by atoms with Gasteiger partial charge in [-0.2, -0.15) is 0 Å². The van der Waals surface area contributed by atoms with Gasteiger partial charge in [0.25, 0.3) is 0 Å². The SMILES string of the molecule is CCOC(=O)[C@H]1CCCN(C(=O)CCC(=O)N(CC(C)(C)C)c2c(OC(C)C)cc(Cl)cc2[C@H](O)c2cccnc2OC)C1. The number of piperidine rings is 1. The van der Waals surface area contributed by atoms with Crippen LogP contribution in [0.1, 0.15) is 84.5 Å². The monoisotopic (exact) mass is 631 g/mol. The van der Waals surface area contributed by atoms with Gasteiger partial charge in [-0.1, -0.05) is 32.4 Å². The van der Waals surface area contributed by atoms with E-state index < -0.39 is 6.10 Å². The molecule has 242 valence electrons. The third-order valence-corrected chi connectivity index (χ3v) is 7.38. The molecule has 1 aliphatic rings. The second-order valence-electron chi connectivity index (χ2n) is 12.5. The molecule has 3 rings (SSSR count). The van der Waals surface area contributed by atoms with Gasteiger partial charge in [-0.3, -0.25) is 14.4 Å². The van der Waals surface area contributed by atoms with Gasteiger partial charge in [0.05, 0.1) is 31.4 Å². The maximum absolute atomic E-state index is 14.1. The van der Waals surface area contributed by atoms with Crippen molar-refractivity contribution in [1.29, 1.82) is 0 Å². The van der Waals surface area contributed by atoms with Gasteiger partial charge in [-0.05, 0) is 57.2 Å². The number of hydrogen-bond acceptors (Lipinski definition) is 8. The molecule has 0 saturated carbocycles. The summed E-state index contributed by atoms with van der Waals surface area (Å²) < 4.78 is 16.8. The quantitative estimate of drug-likeness (QED) is 0.302. The Morgan fingerprint density at radius 3 is 2.55 bits per heavy atom.